The van der Waals surface area contributed by atoms with Crippen LogP contribution in [0.4, 0.5) is 11.4 Å². The minimum atomic E-state index is -1.03. The van der Waals surface area contributed by atoms with E-state index in [1.54, 1.807) is 36.4 Å². The number of hydroxylamine groups is 1. The maximum Gasteiger partial charge on any atom is 0.337 e. The van der Waals surface area contributed by atoms with Crippen LogP contribution in [0.2, 0.25) is 0 Å². The molecule has 3 atom stereocenters. The Bertz CT molecular complexity index is 1310. The van der Waals surface area contributed by atoms with Crippen molar-refractivity contribution in [3.63, 3.8) is 0 Å². The number of imide groups is 1. The first kappa shape index (κ1) is 23.4. The van der Waals surface area contributed by atoms with Crippen molar-refractivity contribution in [3.05, 3.63) is 83.9 Å². The average molecular weight is 488 g/mol. The summed E-state index contributed by atoms with van der Waals surface area (Å²) < 4.78 is 15.7. The third kappa shape index (κ3) is 3.74. The van der Waals surface area contributed by atoms with Crippen LogP contribution >= 0.6 is 0 Å². The van der Waals surface area contributed by atoms with Gasteiger partial charge in [-0.15, -0.1) is 0 Å². The number of benzene rings is 3. The lowest BCUT2D eigenvalue weighted by Gasteiger charge is -2.29. The molecule has 9 nitrogen and oxygen atoms in total. The zero-order valence-electron chi connectivity index (χ0n) is 19.9. The van der Waals surface area contributed by atoms with Crippen LogP contribution in [-0.4, -0.2) is 45.2 Å². The molecule has 3 aromatic carbocycles. The number of carbonyl (C=O) groups is 3. The highest BCUT2D eigenvalue weighted by Gasteiger charge is 2.60. The predicted molar refractivity (Wildman–Crippen MR) is 130 cm³/mol. The molecular weight excluding hydrogens is 464 g/mol. The van der Waals surface area contributed by atoms with Crippen molar-refractivity contribution in [2.24, 2.45) is 5.92 Å². The van der Waals surface area contributed by atoms with Gasteiger partial charge in [0.25, 0.3) is 5.91 Å². The number of amides is 2. The van der Waals surface area contributed by atoms with Crippen LogP contribution in [0.25, 0.3) is 0 Å². The molecule has 0 spiro atoms. The second-order valence-corrected chi connectivity index (χ2v) is 8.32. The van der Waals surface area contributed by atoms with E-state index in [1.807, 2.05) is 36.4 Å². The molecule has 2 fully saturated rings. The van der Waals surface area contributed by atoms with Crippen molar-refractivity contribution in [1.29, 1.82) is 0 Å². The minimum Gasteiger partial charge on any atom is -0.497 e. The molecule has 9 heteroatoms. The van der Waals surface area contributed by atoms with E-state index in [0.717, 1.165) is 4.90 Å². The van der Waals surface area contributed by atoms with Gasteiger partial charge in [0.15, 0.2) is 6.10 Å². The van der Waals surface area contributed by atoms with E-state index in [1.165, 1.54) is 26.4 Å². The SMILES string of the molecule is COC(=O)c1ccc(N2C(=O)[C@H]3[C@H](ON(c4ccccc4)[C@@H]3c3ccc(OC)cc3OC)C2=O)cc1. The molecule has 2 heterocycles. The summed E-state index contributed by atoms with van der Waals surface area (Å²) in [5, 5.41) is 1.60. The summed E-state index contributed by atoms with van der Waals surface area (Å²) in [4.78, 5) is 46.4. The van der Waals surface area contributed by atoms with Gasteiger partial charge in [-0.3, -0.25) is 14.4 Å². The number of hydrogen-bond acceptors (Lipinski definition) is 8. The molecule has 2 amide bonds. The Hall–Kier alpha value is -4.37. The lowest BCUT2D eigenvalue weighted by molar-refractivity contribution is -0.126. The molecule has 3 aromatic rings. The fourth-order valence-corrected chi connectivity index (χ4v) is 4.71. The molecule has 184 valence electrons. The highest BCUT2D eigenvalue weighted by atomic mass is 16.7. The largest absolute Gasteiger partial charge is 0.497 e. The van der Waals surface area contributed by atoms with Crippen molar-refractivity contribution in [2.75, 3.05) is 31.3 Å². The minimum absolute atomic E-state index is 0.313. The summed E-state index contributed by atoms with van der Waals surface area (Å²) in [7, 11) is 4.38. The van der Waals surface area contributed by atoms with Crippen LogP contribution in [0, 0.1) is 5.92 Å². The Morgan fingerprint density at radius 3 is 2.19 bits per heavy atom. The molecule has 0 unspecified atom stereocenters. The van der Waals surface area contributed by atoms with Crippen LogP contribution in [0.1, 0.15) is 22.0 Å². The molecule has 36 heavy (non-hydrogen) atoms. The molecule has 0 saturated carbocycles. The van der Waals surface area contributed by atoms with Gasteiger partial charge < -0.3 is 14.2 Å². The van der Waals surface area contributed by atoms with E-state index in [0.29, 0.717) is 34.0 Å². The molecule has 0 N–H and O–H groups in total. The van der Waals surface area contributed by atoms with Gasteiger partial charge in [-0.05, 0) is 48.5 Å². The number of para-hydroxylation sites is 1. The Kier molecular flexibility index (Phi) is 6.07. The second-order valence-electron chi connectivity index (χ2n) is 8.32. The molecule has 0 radical (unpaired) electrons. The number of anilines is 2. The Morgan fingerprint density at radius 1 is 0.833 bits per heavy atom. The van der Waals surface area contributed by atoms with E-state index in [2.05, 4.69) is 0 Å². The summed E-state index contributed by atoms with van der Waals surface area (Å²) in [5.74, 6) is -1.13. The number of esters is 1. The smallest absolute Gasteiger partial charge is 0.337 e. The van der Waals surface area contributed by atoms with Crippen molar-refractivity contribution in [2.45, 2.75) is 12.1 Å². The molecule has 0 bridgehead atoms. The molecule has 2 aliphatic heterocycles. The first-order valence-electron chi connectivity index (χ1n) is 11.3. The molecule has 5 rings (SSSR count). The Morgan fingerprint density at radius 2 is 1.56 bits per heavy atom. The second kappa shape index (κ2) is 9.35. The molecule has 0 aliphatic carbocycles. The number of nitrogens with zero attached hydrogens (tertiary/aromatic N) is 2. The number of fused-ring (bicyclic) bond motifs is 1. The highest BCUT2D eigenvalue weighted by molar-refractivity contribution is 6.24. The van der Waals surface area contributed by atoms with Crippen LogP contribution in [0.5, 0.6) is 11.5 Å². The Balaban J connectivity index is 1.57. The van der Waals surface area contributed by atoms with Crippen molar-refractivity contribution in [3.8, 4) is 11.5 Å². The van der Waals surface area contributed by atoms with Gasteiger partial charge in [0.05, 0.1) is 44.3 Å². The summed E-state index contributed by atoms with van der Waals surface area (Å²) >= 11 is 0. The van der Waals surface area contributed by atoms with Gasteiger partial charge in [-0.25, -0.2) is 14.8 Å². The number of carbonyl (C=O) groups excluding carboxylic acids is 3. The molecule has 2 saturated heterocycles. The fourth-order valence-electron chi connectivity index (χ4n) is 4.71. The quantitative estimate of drug-likeness (QED) is 0.384. The zero-order chi connectivity index (χ0) is 25.4. The van der Waals surface area contributed by atoms with Crippen LogP contribution in [-0.2, 0) is 19.2 Å². The van der Waals surface area contributed by atoms with E-state index in [-0.39, 0.29) is 0 Å². The van der Waals surface area contributed by atoms with Gasteiger partial charge in [-0.2, -0.15) is 0 Å². The van der Waals surface area contributed by atoms with Crippen LogP contribution < -0.4 is 19.4 Å². The van der Waals surface area contributed by atoms with Gasteiger partial charge >= 0.3 is 5.97 Å². The van der Waals surface area contributed by atoms with Gasteiger partial charge in [-0.1, -0.05) is 18.2 Å². The van der Waals surface area contributed by atoms with Gasteiger partial charge in [0.1, 0.15) is 17.4 Å². The first-order valence-corrected chi connectivity index (χ1v) is 11.3. The van der Waals surface area contributed by atoms with Gasteiger partial charge in [0.2, 0.25) is 5.91 Å². The highest BCUT2D eigenvalue weighted by Crippen LogP contribution is 2.49. The van der Waals surface area contributed by atoms with Gasteiger partial charge in [0, 0.05) is 11.6 Å². The van der Waals surface area contributed by atoms with E-state index in [9.17, 15) is 14.4 Å². The molecular formula is C27H24N2O7. The summed E-state index contributed by atoms with van der Waals surface area (Å²) in [6.45, 7) is 0. The molecule has 2 aliphatic rings. The normalized spacial score (nSPS) is 20.9. The van der Waals surface area contributed by atoms with E-state index >= 15 is 0 Å². The maximum atomic E-state index is 13.8. The fraction of sp³-hybridized carbons (Fsp3) is 0.222. The average Bonchev–Trinajstić information content (AvgIpc) is 3.43. The third-order valence-electron chi connectivity index (χ3n) is 6.43. The Labute approximate surface area is 207 Å². The van der Waals surface area contributed by atoms with E-state index < -0.39 is 35.8 Å². The number of hydrogen-bond donors (Lipinski definition) is 0. The van der Waals surface area contributed by atoms with Crippen molar-refractivity contribution >= 4 is 29.2 Å². The number of ether oxygens (including phenoxy) is 3. The summed E-state index contributed by atoms with van der Waals surface area (Å²) in [5.41, 5.74) is 2.04. The van der Waals surface area contributed by atoms with E-state index in [4.69, 9.17) is 19.0 Å². The maximum absolute atomic E-state index is 13.8. The van der Waals surface area contributed by atoms with Crippen LogP contribution in [0.3, 0.4) is 0 Å². The summed E-state index contributed by atoms with van der Waals surface area (Å²) in [6, 6.07) is 20.1. The number of rotatable bonds is 6. The zero-order valence-corrected chi connectivity index (χ0v) is 19.9. The monoisotopic (exact) mass is 488 g/mol. The standard InChI is InChI=1S/C27H24N2O7/c1-33-19-13-14-20(21(15-19)34-2)23-22-24(36-29(23)18-7-5-4-6-8-18)26(31)28(25(22)30)17-11-9-16(10-12-17)27(32)35-3/h4-15,22-24H,1-3H3/t22-,23-,24+/m1/s1. The molecule has 0 aromatic heterocycles. The van der Waals surface area contributed by atoms with Crippen LogP contribution in [0.15, 0.2) is 72.8 Å². The van der Waals surface area contributed by atoms with Crippen molar-refractivity contribution in [1.82, 2.24) is 0 Å². The lowest BCUT2D eigenvalue weighted by Crippen LogP contribution is -2.37. The first-order chi connectivity index (χ1) is 17.5. The number of methoxy groups -OCH3 is 3. The third-order valence-corrected chi connectivity index (χ3v) is 6.43. The predicted octanol–water partition coefficient (Wildman–Crippen LogP) is 3.54. The van der Waals surface area contributed by atoms with Crippen molar-refractivity contribution < 1.29 is 33.4 Å². The summed E-state index contributed by atoms with van der Waals surface area (Å²) in [6.07, 6.45) is -1.03. The topological polar surface area (TPSA) is 94.6 Å². The lowest BCUT2D eigenvalue weighted by atomic mass is 9.90.